The third kappa shape index (κ3) is 3.28. The molecule has 176 valence electrons. The van der Waals surface area contributed by atoms with Crippen molar-refractivity contribution in [1.29, 1.82) is 0 Å². The number of pyridine rings is 2. The predicted octanol–water partition coefficient (Wildman–Crippen LogP) is 9.43. The largest absolute Gasteiger partial charge is 0.255 e. The molecule has 2 aromatic heterocycles. The van der Waals surface area contributed by atoms with Gasteiger partial charge in [0, 0.05) is 11.8 Å². The van der Waals surface area contributed by atoms with Crippen molar-refractivity contribution in [2.45, 2.75) is 0 Å². The highest BCUT2D eigenvalue weighted by molar-refractivity contribution is 6.16. The van der Waals surface area contributed by atoms with Crippen LogP contribution in [-0.2, 0) is 0 Å². The lowest BCUT2D eigenvalue weighted by Crippen LogP contribution is -1.90. The van der Waals surface area contributed by atoms with Gasteiger partial charge >= 0.3 is 0 Å². The van der Waals surface area contributed by atoms with Gasteiger partial charge in [0.2, 0.25) is 0 Å². The van der Waals surface area contributed by atoms with Crippen molar-refractivity contribution in [3.8, 4) is 56.0 Å². The monoisotopic (exact) mass is 482 g/mol. The highest BCUT2D eigenvalue weighted by atomic mass is 14.8. The first kappa shape index (κ1) is 21.0. The fourth-order valence-electron chi connectivity index (χ4n) is 5.82. The molecular weight excluding hydrogens is 460 g/mol. The highest BCUT2D eigenvalue weighted by Crippen LogP contribution is 2.48. The summed E-state index contributed by atoms with van der Waals surface area (Å²) >= 11 is 0. The first-order chi connectivity index (χ1) is 18.8. The maximum absolute atomic E-state index is 4.89. The number of benzene rings is 5. The number of aromatic nitrogens is 2. The molecule has 1 aliphatic carbocycles. The van der Waals surface area contributed by atoms with Crippen LogP contribution < -0.4 is 0 Å². The molecule has 0 saturated carbocycles. The van der Waals surface area contributed by atoms with Crippen molar-refractivity contribution in [2.75, 3.05) is 0 Å². The summed E-state index contributed by atoms with van der Waals surface area (Å²) in [7, 11) is 0. The quantitative estimate of drug-likeness (QED) is 0.251. The summed E-state index contributed by atoms with van der Waals surface area (Å²) in [6, 6.07) is 45.5. The van der Waals surface area contributed by atoms with E-state index < -0.39 is 0 Å². The van der Waals surface area contributed by atoms with Crippen LogP contribution in [0.15, 0.2) is 134 Å². The van der Waals surface area contributed by atoms with E-state index in [0.717, 1.165) is 22.6 Å². The zero-order valence-electron chi connectivity index (χ0n) is 20.6. The summed E-state index contributed by atoms with van der Waals surface area (Å²) in [5.74, 6) is 0. The summed E-state index contributed by atoms with van der Waals surface area (Å²) in [5.41, 5.74) is 11.6. The van der Waals surface area contributed by atoms with Crippen LogP contribution in [0.4, 0.5) is 0 Å². The Labute approximate surface area is 220 Å². The fraction of sp³-hybridized carbons (Fsp3) is 0. The van der Waals surface area contributed by atoms with Gasteiger partial charge in [0.15, 0.2) is 0 Å². The van der Waals surface area contributed by atoms with Gasteiger partial charge in [-0.2, -0.15) is 0 Å². The minimum absolute atomic E-state index is 0.882. The van der Waals surface area contributed by atoms with Gasteiger partial charge in [-0.1, -0.05) is 78.9 Å². The standard InChI is InChI=1S/C36H22N2/c1-2-9-30-29(8-1)31-10-5-7-27-21-28(22-32(30)36(27)31)25-15-14-24-20-26(17-16-23(24)19-25)33-12-6-13-35(38-33)34-11-3-4-18-37-34/h1-22H. The van der Waals surface area contributed by atoms with Gasteiger partial charge in [-0.05, 0) is 103 Å². The molecule has 0 aliphatic heterocycles. The van der Waals surface area contributed by atoms with Crippen LogP contribution in [-0.4, -0.2) is 9.97 Å². The molecule has 0 radical (unpaired) electrons. The van der Waals surface area contributed by atoms with Crippen LogP contribution in [0.1, 0.15) is 0 Å². The van der Waals surface area contributed by atoms with Crippen molar-refractivity contribution in [1.82, 2.24) is 9.97 Å². The Morgan fingerprint density at radius 2 is 1.03 bits per heavy atom. The molecule has 0 fully saturated rings. The van der Waals surface area contributed by atoms with Gasteiger partial charge < -0.3 is 0 Å². The molecule has 1 aliphatic rings. The molecule has 0 N–H and O–H groups in total. The summed E-state index contributed by atoms with van der Waals surface area (Å²) in [4.78, 5) is 9.35. The van der Waals surface area contributed by atoms with Crippen LogP contribution in [0.5, 0.6) is 0 Å². The minimum Gasteiger partial charge on any atom is -0.255 e. The van der Waals surface area contributed by atoms with Gasteiger partial charge in [-0.25, -0.2) is 4.98 Å². The van der Waals surface area contributed by atoms with E-state index in [9.17, 15) is 0 Å². The van der Waals surface area contributed by atoms with Crippen LogP contribution >= 0.6 is 0 Å². The van der Waals surface area contributed by atoms with Gasteiger partial charge in [0.05, 0.1) is 17.1 Å². The van der Waals surface area contributed by atoms with Gasteiger partial charge in [-0.3, -0.25) is 4.98 Å². The lowest BCUT2D eigenvalue weighted by molar-refractivity contribution is 1.25. The third-order valence-corrected chi connectivity index (χ3v) is 7.63. The second-order valence-electron chi connectivity index (χ2n) is 9.87. The Morgan fingerprint density at radius 1 is 0.368 bits per heavy atom. The van der Waals surface area contributed by atoms with Gasteiger partial charge in [-0.15, -0.1) is 0 Å². The van der Waals surface area contributed by atoms with E-state index in [-0.39, 0.29) is 0 Å². The SMILES string of the molecule is c1ccc(-c2cccc(-c3ccc4cc(-c5cc6c7c(cccc7c5)-c5ccccc5-6)ccc4c3)n2)nc1. The third-order valence-electron chi connectivity index (χ3n) is 7.63. The molecule has 38 heavy (non-hydrogen) atoms. The molecule has 2 heterocycles. The summed E-state index contributed by atoms with van der Waals surface area (Å²) in [6.45, 7) is 0. The maximum Gasteiger partial charge on any atom is 0.0893 e. The molecule has 8 rings (SSSR count). The zero-order chi connectivity index (χ0) is 25.1. The molecular formula is C36H22N2. The second kappa shape index (κ2) is 8.22. The Kier molecular flexibility index (Phi) is 4.55. The van der Waals surface area contributed by atoms with Crippen LogP contribution in [0.25, 0.3) is 77.6 Å². The van der Waals surface area contributed by atoms with E-state index in [0.29, 0.717) is 0 Å². The zero-order valence-corrected chi connectivity index (χ0v) is 20.6. The Bertz CT molecular complexity index is 2020. The molecule has 0 saturated heterocycles. The van der Waals surface area contributed by atoms with Crippen molar-refractivity contribution in [2.24, 2.45) is 0 Å². The van der Waals surface area contributed by atoms with Crippen molar-refractivity contribution >= 4 is 21.5 Å². The lowest BCUT2D eigenvalue weighted by atomic mass is 9.94. The summed E-state index contributed by atoms with van der Waals surface area (Å²) in [5, 5.41) is 5.08. The molecule has 7 aromatic rings. The molecule has 2 heteroatoms. The highest BCUT2D eigenvalue weighted by Gasteiger charge is 2.21. The first-order valence-electron chi connectivity index (χ1n) is 12.9. The number of nitrogens with zero attached hydrogens (tertiary/aromatic N) is 2. The molecule has 5 aromatic carbocycles. The average Bonchev–Trinajstić information content (AvgIpc) is 3.32. The van der Waals surface area contributed by atoms with Crippen molar-refractivity contribution in [3.05, 3.63) is 134 Å². The molecule has 0 amide bonds. The van der Waals surface area contributed by atoms with E-state index in [2.05, 4.69) is 102 Å². The molecule has 0 atom stereocenters. The molecule has 0 bridgehead atoms. The van der Waals surface area contributed by atoms with Gasteiger partial charge in [0.1, 0.15) is 0 Å². The van der Waals surface area contributed by atoms with Crippen molar-refractivity contribution in [3.63, 3.8) is 0 Å². The number of hydrogen-bond donors (Lipinski definition) is 0. The molecule has 0 unspecified atom stereocenters. The number of hydrogen-bond acceptors (Lipinski definition) is 2. The maximum atomic E-state index is 4.89. The topological polar surface area (TPSA) is 25.8 Å². The Balaban J connectivity index is 1.20. The second-order valence-corrected chi connectivity index (χ2v) is 9.87. The number of fused-ring (bicyclic) bond motifs is 4. The summed E-state index contributed by atoms with van der Waals surface area (Å²) < 4.78 is 0. The fourth-order valence-corrected chi connectivity index (χ4v) is 5.82. The Morgan fingerprint density at radius 3 is 1.87 bits per heavy atom. The van der Waals surface area contributed by atoms with Crippen LogP contribution in [0, 0.1) is 0 Å². The van der Waals surface area contributed by atoms with E-state index in [4.69, 9.17) is 4.98 Å². The van der Waals surface area contributed by atoms with Crippen LogP contribution in [0.2, 0.25) is 0 Å². The normalized spacial score (nSPS) is 11.7. The van der Waals surface area contributed by atoms with E-state index in [1.54, 1.807) is 6.20 Å². The first-order valence-corrected chi connectivity index (χ1v) is 12.9. The molecule has 2 nitrogen and oxygen atoms in total. The van der Waals surface area contributed by atoms with E-state index in [1.165, 1.54) is 54.9 Å². The number of rotatable bonds is 3. The van der Waals surface area contributed by atoms with Crippen LogP contribution in [0.3, 0.4) is 0 Å². The molecule has 0 spiro atoms. The van der Waals surface area contributed by atoms with E-state index >= 15 is 0 Å². The van der Waals surface area contributed by atoms with E-state index in [1.807, 2.05) is 30.3 Å². The minimum atomic E-state index is 0.882. The van der Waals surface area contributed by atoms with Gasteiger partial charge in [0.25, 0.3) is 0 Å². The Hall–Kier alpha value is -5.08. The average molecular weight is 483 g/mol. The predicted molar refractivity (Wildman–Crippen MR) is 158 cm³/mol. The smallest absolute Gasteiger partial charge is 0.0893 e. The summed E-state index contributed by atoms with van der Waals surface area (Å²) in [6.07, 6.45) is 1.80. The lowest BCUT2D eigenvalue weighted by Gasteiger charge is -2.10. The van der Waals surface area contributed by atoms with Crippen molar-refractivity contribution < 1.29 is 0 Å².